The molecule has 0 spiro atoms. The maximum atomic E-state index is 7.74. The van der Waals surface area contributed by atoms with Crippen molar-refractivity contribution in [2.45, 2.75) is 70.8 Å². The number of hydrogen-bond donors (Lipinski definition) is 0. The third-order valence-corrected chi connectivity index (χ3v) is 4.71. The van der Waals surface area contributed by atoms with E-state index in [0.717, 1.165) is 5.92 Å². The van der Waals surface area contributed by atoms with Crippen molar-refractivity contribution in [2.24, 2.45) is 11.3 Å². The smallest absolute Gasteiger partial charge is 0.0213 e. The fraction of sp³-hybridized carbons (Fsp3) is 1.00. The number of nitrogens with one attached hydrogen (secondary N) is 1. The summed E-state index contributed by atoms with van der Waals surface area (Å²) in [6, 6.07) is 0.262. The van der Waals surface area contributed by atoms with Crippen molar-refractivity contribution in [3.05, 3.63) is 0 Å². The first-order valence-electron chi connectivity index (χ1n) is 6.42. The number of hydrogen-bond acceptors (Lipinski definition) is 0. The van der Waals surface area contributed by atoms with Crippen molar-refractivity contribution in [1.82, 2.24) is 5.73 Å². The first-order chi connectivity index (χ1) is 6.71. The second-order valence-electron chi connectivity index (χ2n) is 5.76. The molecule has 14 heavy (non-hydrogen) atoms. The average Bonchev–Trinajstić information content (AvgIpc) is 2.19. The van der Waals surface area contributed by atoms with E-state index < -0.39 is 0 Å². The van der Waals surface area contributed by atoms with Crippen LogP contribution < -0.4 is 5.73 Å². The summed E-state index contributed by atoms with van der Waals surface area (Å²) in [6.45, 7) is 2.51. The van der Waals surface area contributed by atoms with Crippen molar-refractivity contribution in [3.8, 4) is 0 Å². The van der Waals surface area contributed by atoms with E-state index in [1.54, 1.807) is 0 Å². The van der Waals surface area contributed by atoms with Gasteiger partial charge in [0.25, 0.3) is 0 Å². The molecule has 1 nitrogen and oxygen atoms in total. The zero-order valence-electron chi connectivity index (χ0n) is 9.52. The minimum Gasteiger partial charge on any atom is -0.255 e. The summed E-state index contributed by atoms with van der Waals surface area (Å²) in [5.41, 5.74) is 8.39. The average molecular weight is 194 g/mol. The van der Waals surface area contributed by atoms with Crippen LogP contribution in [0, 0.1) is 11.3 Å². The molecule has 0 heterocycles. The van der Waals surface area contributed by atoms with E-state index in [9.17, 15) is 0 Å². The van der Waals surface area contributed by atoms with Gasteiger partial charge in [-0.1, -0.05) is 26.2 Å². The molecule has 2 saturated carbocycles. The Morgan fingerprint density at radius 3 is 2.07 bits per heavy atom. The van der Waals surface area contributed by atoms with Gasteiger partial charge < -0.3 is 0 Å². The summed E-state index contributed by atoms with van der Waals surface area (Å²) in [5.74, 6) is 0.949. The van der Waals surface area contributed by atoms with Crippen LogP contribution in [0.4, 0.5) is 0 Å². The van der Waals surface area contributed by atoms with Gasteiger partial charge in [0.15, 0.2) is 0 Å². The zero-order chi connectivity index (χ0) is 10.0. The van der Waals surface area contributed by atoms with Crippen molar-refractivity contribution >= 4 is 0 Å². The summed E-state index contributed by atoms with van der Waals surface area (Å²) in [4.78, 5) is 0. The fourth-order valence-electron chi connectivity index (χ4n) is 3.56. The highest BCUT2D eigenvalue weighted by Crippen LogP contribution is 2.47. The minimum atomic E-state index is 0.262. The lowest BCUT2D eigenvalue weighted by atomic mass is 9.62. The summed E-state index contributed by atoms with van der Waals surface area (Å²) >= 11 is 0. The quantitative estimate of drug-likeness (QED) is 0.606. The highest BCUT2D eigenvalue weighted by atomic mass is 14.6. The van der Waals surface area contributed by atoms with Gasteiger partial charge in [-0.05, 0) is 49.9 Å². The predicted molar refractivity (Wildman–Crippen MR) is 60.0 cm³/mol. The second-order valence-corrected chi connectivity index (χ2v) is 5.76. The molecule has 2 aliphatic carbocycles. The van der Waals surface area contributed by atoms with Crippen LogP contribution in [0.15, 0.2) is 0 Å². The van der Waals surface area contributed by atoms with E-state index in [4.69, 9.17) is 5.73 Å². The molecule has 81 valence electrons. The Hall–Kier alpha value is -0.0400. The Kier molecular flexibility index (Phi) is 3.16. The number of rotatable bonds is 1. The lowest BCUT2D eigenvalue weighted by Crippen LogP contribution is -2.34. The Labute approximate surface area is 88.4 Å². The second kappa shape index (κ2) is 4.22. The predicted octanol–water partition coefficient (Wildman–Crippen LogP) is 3.80. The molecular weight excluding hydrogens is 170 g/mol. The van der Waals surface area contributed by atoms with E-state index in [0.29, 0.717) is 5.41 Å². The van der Waals surface area contributed by atoms with Crippen LogP contribution in [-0.4, -0.2) is 6.04 Å². The first kappa shape index (κ1) is 10.5. The van der Waals surface area contributed by atoms with Crippen LogP contribution in [0.3, 0.4) is 0 Å². The SMILES string of the molecule is CC1([C@H]2CC[C@@H]([NH])CC2)CCCCC1. The Morgan fingerprint density at radius 1 is 0.929 bits per heavy atom. The molecule has 2 aliphatic rings. The summed E-state index contributed by atoms with van der Waals surface area (Å²) in [5, 5.41) is 0. The molecule has 0 bridgehead atoms. The van der Waals surface area contributed by atoms with E-state index in [-0.39, 0.29) is 6.04 Å². The minimum absolute atomic E-state index is 0.262. The van der Waals surface area contributed by atoms with E-state index in [1.807, 2.05) is 0 Å². The van der Waals surface area contributed by atoms with Gasteiger partial charge in [0, 0.05) is 6.04 Å². The monoisotopic (exact) mass is 194 g/mol. The van der Waals surface area contributed by atoms with Crippen molar-refractivity contribution in [3.63, 3.8) is 0 Å². The van der Waals surface area contributed by atoms with Crippen LogP contribution in [0.25, 0.3) is 0 Å². The van der Waals surface area contributed by atoms with Gasteiger partial charge in [0.1, 0.15) is 0 Å². The van der Waals surface area contributed by atoms with Crippen LogP contribution >= 0.6 is 0 Å². The van der Waals surface area contributed by atoms with Crippen LogP contribution in [-0.2, 0) is 0 Å². The summed E-state index contributed by atoms with van der Waals surface area (Å²) in [7, 11) is 0. The maximum Gasteiger partial charge on any atom is 0.0213 e. The molecule has 1 N–H and O–H groups in total. The lowest BCUT2D eigenvalue weighted by molar-refractivity contribution is 0.0825. The van der Waals surface area contributed by atoms with Gasteiger partial charge in [0.2, 0.25) is 0 Å². The van der Waals surface area contributed by atoms with E-state index >= 15 is 0 Å². The Bertz CT molecular complexity index is 174. The molecule has 0 atom stereocenters. The lowest BCUT2D eigenvalue weighted by Gasteiger charge is -2.43. The molecule has 0 aromatic heterocycles. The third kappa shape index (κ3) is 2.13. The highest BCUT2D eigenvalue weighted by Gasteiger charge is 2.36. The van der Waals surface area contributed by atoms with Gasteiger partial charge in [-0.2, -0.15) is 0 Å². The van der Waals surface area contributed by atoms with E-state index in [2.05, 4.69) is 6.92 Å². The summed E-state index contributed by atoms with van der Waals surface area (Å²) < 4.78 is 0. The largest absolute Gasteiger partial charge is 0.255 e. The molecule has 1 radical (unpaired) electrons. The first-order valence-corrected chi connectivity index (χ1v) is 6.42. The highest BCUT2D eigenvalue weighted by molar-refractivity contribution is 4.88. The molecule has 0 aliphatic heterocycles. The third-order valence-electron chi connectivity index (χ3n) is 4.71. The van der Waals surface area contributed by atoms with Gasteiger partial charge in [-0.3, -0.25) is 5.73 Å². The Balaban J connectivity index is 1.92. The molecule has 0 unspecified atom stereocenters. The molecule has 2 rings (SSSR count). The molecule has 1 heteroatoms. The van der Waals surface area contributed by atoms with Crippen molar-refractivity contribution < 1.29 is 0 Å². The van der Waals surface area contributed by atoms with E-state index in [1.165, 1.54) is 57.8 Å². The molecule has 0 amide bonds. The Morgan fingerprint density at radius 2 is 1.50 bits per heavy atom. The van der Waals surface area contributed by atoms with Crippen molar-refractivity contribution in [2.75, 3.05) is 0 Å². The van der Waals surface area contributed by atoms with Gasteiger partial charge >= 0.3 is 0 Å². The molecule has 0 aromatic rings. The van der Waals surface area contributed by atoms with Crippen LogP contribution in [0.5, 0.6) is 0 Å². The molecule has 0 saturated heterocycles. The molecular formula is C13H24N. The van der Waals surface area contributed by atoms with Crippen LogP contribution in [0.1, 0.15) is 64.7 Å². The zero-order valence-corrected chi connectivity index (χ0v) is 9.52. The van der Waals surface area contributed by atoms with Crippen molar-refractivity contribution in [1.29, 1.82) is 0 Å². The maximum absolute atomic E-state index is 7.74. The normalized spacial score (nSPS) is 38.1. The fourth-order valence-corrected chi connectivity index (χ4v) is 3.56. The van der Waals surface area contributed by atoms with Crippen LogP contribution in [0.2, 0.25) is 0 Å². The molecule has 2 fully saturated rings. The van der Waals surface area contributed by atoms with Gasteiger partial charge in [-0.25, -0.2) is 0 Å². The standard InChI is InChI=1S/C13H24N/c1-13(9-3-2-4-10-13)11-5-7-12(14)8-6-11/h11-12,14H,2-10H2,1H3/t11-,12+. The molecule has 0 aromatic carbocycles. The van der Waals surface area contributed by atoms with Gasteiger partial charge in [-0.15, -0.1) is 0 Å². The summed E-state index contributed by atoms with van der Waals surface area (Å²) in [6.07, 6.45) is 12.3. The van der Waals surface area contributed by atoms with Gasteiger partial charge in [0.05, 0.1) is 0 Å². The topological polar surface area (TPSA) is 23.8 Å².